The monoisotopic (exact) mass is 341 g/mol. The van der Waals surface area contributed by atoms with Gasteiger partial charge in [0.05, 0.1) is 23.1 Å². The van der Waals surface area contributed by atoms with Gasteiger partial charge in [-0.3, -0.25) is 4.72 Å². The maximum Gasteiger partial charge on any atom is 0.261 e. The Labute approximate surface area is 141 Å². The Kier molecular flexibility index (Phi) is 4.40. The zero-order chi connectivity index (χ0) is 17.2. The molecule has 1 heterocycles. The predicted octanol–water partition coefficient (Wildman–Crippen LogP) is 4.00. The highest BCUT2D eigenvalue weighted by Crippen LogP contribution is 2.23. The first-order valence-corrected chi connectivity index (χ1v) is 9.15. The van der Waals surface area contributed by atoms with Crippen molar-refractivity contribution in [2.24, 2.45) is 0 Å². The number of hydrogen-bond acceptors (Lipinski definition) is 3. The minimum Gasteiger partial charge on any atom is -0.345 e. The zero-order valence-corrected chi connectivity index (χ0v) is 14.3. The van der Waals surface area contributed by atoms with Crippen LogP contribution in [-0.2, 0) is 10.0 Å². The highest BCUT2D eigenvalue weighted by atomic mass is 32.2. The van der Waals surface area contributed by atoms with Crippen molar-refractivity contribution in [3.05, 3.63) is 66.6 Å². The molecule has 2 aromatic carbocycles. The van der Waals surface area contributed by atoms with E-state index in [2.05, 4.69) is 28.5 Å². The van der Waals surface area contributed by atoms with Gasteiger partial charge in [0.2, 0.25) is 0 Å². The number of benzene rings is 2. The molecule has 3 rings (SSSR count). The topological polar surface area (TPSA) is 74.8 Å². The Morgan fingerprint density at radius 2 is 1.83 bits per heavy atom. The Morgan fingerprint density at radius 1 is 1.08 bits per heavy atom. The fraction of sp³-hybridized carbons (Fsp3) is 0.167. The predicted molar refractivity (Wildman–Crippen MR) is 95.4 cm³/mol. The first-order chi connectivity index (χ1) is 11.5. The second kappa shape index (κ2) is 6.49. The van der Waals surface area contributed by atoms with Gasteiger partial charge in [0.15, 0.2) is 0 Å². The largest absolute Gasteiger partial charge is 0.345 e. The number of aromatic nitrogens is 2. The summed E-state index contributed by atoms with van der Waals surface area (Å²) in [5.41, 5.74) is 3.31. The van der Waals surface area contributed by atoms with Gasteiger partial charge in [-0.15, -0.1) is 0 Å². The van der Waals surface area contributed by atoms with Crippen molar-refractivity contribution in [1.29, 1.82) is 0 Å². The second-order valence-corrected chi connectivity index (χ2v) is 7.56. The third-order valence-corrected chi connectivity index (χ3v) is 5.18. The van der Waals surface area contributed by atoms with Crippen LogP contribution >= 0.6 is 0 Å². The van der Waals surface area contributed by atoms with Crippen molar-refractivity contribution in [3.8, 4) is 11.3 Å². The van der Waals surface area contributed by atoms with Gasteiger partial charge in [0.25, 0.3) is 10.0 Å². The molecule has 1 aromatic heterocycles. The number of hydrogen-bond donors (Lipinski definition) is 2. The summed E-state index contributed by atoms with van der Waals surface area (Å²) in [5.74, 6) is 0.362. The van der Waals surface area contributed by atoms with Crippen molar-refractivity contribution in [2.75, 3.05) is 4.72 Å². The van der Waals surface area contributed by atoms with Gasteiger partial charge in [0, 0.05) is 11.3 Å². The molecule has 0 saturated carbocycles. The van der Waals surface area contributed by atoms with Crippen LogP contribution in [0.2, 0.25) is 0 Å². The van der Waals surface area contributed by atoms with E-state index in [1.165, 1.54) is 0 Å². The summed E-state index contributed by atoms with van der Waals surface area (Å²) in [5, 5.41) is 0. The molecule has 5 nitrogen and oxygen atoms in total. The lowest BCUT2D eigenvalue weighted by molar-refractivity contribution is 0.601. The molecule has 0 aliphatic rings. The van der Waals surface area contributed by atoms with E-state index in [0.717, 1.165) is 16.8 Å². The number of aromatic amines is 1. The van der Waals surface area contributed by atoms with Crippen LogP contribution < -0.4 is 4.72 Å². The molecule has 0 aliphatic carbocycles. The van der Waals surface area contributed by atoms with Gasteiger partial charge < -0.3 is 4.98 Å². The quantitative estimate of drug-likeness (QED) is 0.736. The lowest BCUT2D eigenvalue weighted by Gasteiger charge is -2.11. The van der Waals surface area contributed by atoms with Crippen LogP contribution in [0.3, 0.4) is 0 Å². The summed E-state index contributed by atoms with van der Waals surface area (Å²) in [6.45, 7) is 4.14. The van der Waals surface area contributed by atoms with Gasteiger partial charge in [-0.1, -0.05) is 38.1 Å². The van der Waals surface area contributed by atoms with Gasteiger partial charge in [-0.2, -0.15) is 0 Å². The smallest absolute Gasteiger partial charge is 0.261 e. The van der Waals surface area contributed by atoms with Crippen molar-refractivity contribution >= 4 is 15.7 Å². The van der Waals surface area contributed by atoms with E-state index >= 15 is 0 Å². The summed E-state index contributed by atoms with van der Waals surface area (Å²) < 4.78 is 27.7. The summed E-state index contributed by atoms with van der Waals surface area (Å²) in [4.78, 5) is 7.23. The summed E-state index contributed by atoms with van der Waals surface area (Å²) in [6, 6.07) is 14.2. The van der Waals surface area contributed by atoms with E-state index in [9.17, 15) is 8.42 Å². The fourth-order valence-corrected chi connectivity index (χ4v) is 3.46. The Bertz CT molecular complexity index is 915. The molecule has 0 amide bonds. The molecule has 0 spiro atoms. The number of sulfonamides is 1. The van der Waals surface area contributed by atoms with E-state index in [4.69, 9.17) is 0 Å². The van der Waals surface area contributed by atoms with Gasteiger partial charge in [0.1, 0.15) is 0 Å². The molecule has 0 fully saturated rings. The van der Waals surface area contributed by atoms with Crippen LogP contribution in [-0.4, -0.2) is 18.4 Å². The Hall–Kier alpha value is -2.60. The van der Waals surface area contributed by atoms with Crippen LogP contribution in [0.4, 0.5) is 5.69 Å². The molecule has 24 heavy (non-hydrogen) atoms. The van der Waals surface area contributed by atoms with Crippen LogP contribution in [0.1, 0.15) is 25.3 Å². The maximum absolute atomic E-state index is 12.5. The SMILES string of the molecule is CC(C)c1ccc(S(=O)(=O)Nc2cccc(-c3cnc[nH]3)c2)cc1. The number of nitrogens with zero attached hydrogens (tertiary/aromatic N) is 1. The molecule has 124 valence electrons. The number of rotatable bonds is 5. The average molecular weight is 341 g/mol. The average Bonchev–Trinajstić information content (AvgIpc) is 3.09. The minimum absolute atomic E-state index is 0.249. The normalized spacial score (nSPS) is 11.6. The molecule has 0 aliphatic heterocycles. The summed E-state index contributed by atoms with van der Waals surface area (Å²) in [6.07, 6.45) is 3.28. The molecular weight excluding hydrogens is 322 g/mol. The van der Waals surface area contributed by atoms with Crippen LogP contribution in [0.25, 0.3) is 11.3 Å². The first kappa shape index (κ1) is 16.3. The minimum atomic E-state index is -3.62. The number of imidazole rings is 1. The molecule has 3 aromatic rings. The van der Waals surface area contributed by atoms with Crippen molar-refractivity contribution in [2.45, 2.75) is 24.7 Å². The van der Waals surface area contributed by atoms with Gasteiger partial charge in [-0.25, -0.2) is 13.4 Å². The molecule has 0 bridgehead atoms. The molecule has 0 saturated heterocycles. The van der Waals surface area contributed by atoms with Crippen LogP contribution in [0.15, 0.2) is 66.0 Å². The fourth-order valence-electron chi connectivity index (χ4n) is 2.41. The maximum atomic E-state index is 12.5. The van der Waals surface area contributed by atoms with Crippen molar-refractivity contribution in [3.63, 3.8) is 0 Å². The lowest BCUT2D eigenvalue weighted by Crippen LogP contribution is -2.13. The number of H-pyrrole nitrogens is 1. The van der Waals surface area contributed by atoms with Crippen molar-refractivity contribution < 1.29 is 8.42 Å². The highest BCUT2D eigenvalue weighted by Gasteiger charge is 2.15. The van der Waals surface area contributed by atoms with Gasteiger partial charge >= 0.3 is 0 Å². The molecule has 6 heteroatoms. The third kappa shape index (κ3) is 3.49. The third-order valence-electron chi connectivity index (χ3n) is 3.78. The van der Waals surface area contributed by atoms with E-state index in [1.807, 2.05) is 18.2 Å². The summed E-state index contributed by atoms with van der Waals surface area (Å²) in [7, 11) is -3.62. The first-order valence-electron chi connectivity index (χ1n) is 7.67. The number of anilines is 1. The van der Waals surface area contributed by atoms with E-state index in [1.54, 1.807) is 42.9 Å². The zero-order valence-electron chi connectivity index (χ0n) is 13.5. The lowest BCUT2D eigenvalue weighted by atomic mass is 10.0. The van der Waals surface area contributed by atoms with E-state index in [0.29, 0.717) is 11.6 Å². The molecule has 2 N–H and O–H groups in total. The van der Waals surface area contributed by atoms with Gasteiger partial charge in [-0.05, 0) is 35.7 Å². The molecule has 0 atom stereocenters. The Balaban J connectivity index is 1.85. The molecular formula is C18H19N3O2S. The number of nitrogens with one attached hydrogen (secondary N) is 2. The van der Waals surface area contributed by atoms with E-state index < -0.39 is 10.0 Å². The molecule has 0 unspecified atom stereocenters. The standard InChI is InChI=1S/C18H19N3O2S/c1-13(2)14-6-8-17(9-7-14)24(22,23)21-16-5-3-4-15(10-16)18-11-19-12-20-18/h3-13,21H,1-2H3,(H,19,20). The Morgan fingerprint density at radius 3 is 2.46 bits per heavy atom. The molecule has 0 radical (unpaired) electrons. The highest BCUT2D eigenvalue weighted by molar-refractivity contribution is 7.92. The van der Waals surface area contributed by atoms with Crippen LogP contribution in [0.5, 0.6) is 0 Å². The van der Waals surface area contributed by atoms with Crippen LogP contribution in [0, 0.1) is 0 Å². The summed E-state index contributed by atoms with van der Waals surface area (Å²) >= 11 is 0. The van der Waals surface area contributed by atoms with Crippen molar-refractivity contribution in [1.82, 2.24) is 9.97 Å². The van der Waals surface area contributed by atoms with E-state index in [-0.39, 0.29) is 4.90 Å². The second-order valence-electron chi connectivity index (χ2n) is 5.88.